The van der Waals surface area contributed by atoms with Crippen LogP contribution in [0, 0.1) is 0 Å². The molecule has 0 aromatic heterocycles. The van der Waals surface area contributed by atoms with Crippen molar-refractivity contribution in [3.63, 3.8) is 0 Å². The Bertz CT molecular complexity index is 260. The van der Waals surface area contributed by atoms with Crippen LogP contribution >= 0.6 is 0 Å². The molecule has 2 aliphatic heterocycles. The number of nitrogens with zero attached hydrogens (tertiary/aromatic N) is 2. The molecule has 2 saturated heterocycles. The summed E-state index contributed by atoms with van der Waals surface area (Å²) < 4.78 is 5.93. The van der Waals surface area contributed by atoms with Crippen LogP contribution < -0.4 is 5.32 Å². The van der Waals surface area contributed by atoms with Crippen molar-refractivity contribution in [2.24, 2.45) is 0 Å². The molecule has 2 unspecified atom stereocenters. The van der Waals surface area contributed by atoms with Crippen LogP contribution in [-0.2, 0) is 4.74 Å². The minimum Gasteiger partial charge on any atom is -0.374 e. The quantitative estimate of drug-likeness (QED) is 0.811. The van der Waals surface area contributed by atoms with Gasteiger partial charge in [0.25, 0.3) is 0 Å². The number of piperidine rings is 1. The molecule has 0 amide bonds. The SMILES string of the molecule is CCN1CCOC(CN2CCCC(NC(C)C)C2)C1. The van der Waals surface area contributed by atoms with Crippen molar-refractivity contribution in [2.45, 2.75) is 51.8 Å². The number of ether oxygens (including phenoxy) is 1. The van der Waals surface area contributed by atoms with E-state index >= 15 is 0 Å². The van der Waals surface area contributed by atoms with Crippen LogP contribution in [0.5, 0.6) is 0 Å². The van der Waals surface area contributed by atoms with Gasteiger partial charge in [-0.1, -0.05) is 20.8 Å². The number of rotatable bonds is 5. The van der Waals surface area contributed by atoms with E-state index in [1.807, 2.05) is 0 Å². The van der Waals surface area contributed by atoms with Gasteiger partial charge in [0.15, 0.2) is 0 Å². The molecule has 2 aliphatic rings. The molecule has 4 heteroatoms. The number of likely N-dealkylation sites (N-methyl/N-ethyl adjacent to an activating group) is 1. The van der Waals surface area contributed by atoms with Crippen molar-refractivity contribution in [3.8, 4) is 0 Å². The number of morpholine rings is 1. The first-order valence-corrected chi connectivity index (χ1v) is 7.99. The smallest absolute Gasteiger partial charge is 0.0829 e. The molecule has 2 fully saturated rings. The van der Waals surface area contributed by atoms with Gasteiger partial charge in [-0.05, 0) is 25.9 Å². The Morgan fingerprint density at radius 1 is 1.21 bits per heavy atom. The summed E-state index contributed by atoms with van der Waals surface area (Å²) in [5.41, 5.74) is 0. The number of nitrogens with one attached hydrogen (secondary N) is 1. The molecule has 19 heavy (non-hydrogen) atoms. The van der Waals surface area contributed by atoms with E-state index in [4.69, 9.17) is 4.74 Å². The highest BCUT2D eigenvalue weighted by molar-refractivity contribution is 4.82. The van der Waals surface area contributed by atoms with Gasteiger partial charge in [0.1, 0.15) is 0 Å². The van der Waals surface area contributed by atoms with Gasteiger partial charge in [-0.15, -0.1) is 0 Å². The Kier molecular flexibility index (Phi) is 6.07. The van der Waals surface area contributed by atoms with E-state index in [9.17, 15) is 0 Å². The van der Waals surface area contributed by atoms with Crippen molar-refractivity contribution in [1.29, 1.82) is 0 Å². The minimum atomic E-state index is 0.409. The summed E-state index contributed by atoms with van der Waals surface area (Å²) in [6.07, 6.45) is 3.04. The first-order valence-electron chi connectivity index (χ1n) is 7.99. The van der Waals surface area contributed by atoms with Gasteiger partial charge < -0.3 is 10.1 Å². The molecule has 2 rings (SSSR count). The molecule has 112 valence electrons. The van der Waals surface area contributed by atoms with Gasteiger partial charge in [-0.3, -0.25) is 9.80 Å². The third-order valence-corrected chi connectivity index (χ3v) is 4.21. The number of hydrogen-bond donors (Lipinski definition) is 1. The summed E-state index contributed by atoms with van der Waals surface area (Å²) in [6.45, 7) is 14.5. The van der Waals surface area contributed by atoms with Crippen LogP contribution in [-0.4, -0.2) is 73.9 Å². The monoisotopic (exact) mass is 269 g/mol. The van der Waals surface area contributed by atoms with Crippen LogP contribution in [0.3, 0.4) is 0 Å². The van der Waals surface area contributed by atoms with Gasteiger partial charge in [0.2, 0.25) is 0 Å². The lowest BCUT2D eigenvalue weighted by atomic mass is 10.0. The van der Waals surface area contributed by atoms with Crippen molar-refractivity contribution in [2.75, 3.05) is 45.9 Å². The molecular weight excluding hydrogens is 238 g/mol. The highest BCUT2D eigenvalue weighted by Gasteiger charge is 2.25. The van der Waals surface area contributed by atoms with E-state index in [2.05, 4.69) is 35.9 Å². The second kappa shape index (κ2) is 7.58. The average molecular weight is 269 g/mol. The van der Waals surface area contributed by atoms with Crippen molar-refractivity contribution in [1.82, 2.24) is 15.1 Å². The molecule has 0 aromatic rings. The summed E-state index contributed by atoms with van der Waals surface area (Å²) in [5, 5.41) is 3.68. The maximum Gasteiger partial charge on any atom is 0.0829 e. The summed E-state index contributed by atoms with van der Waals surface area (Å²) in [6, 6.07) is 1.26. The third kappa shape index (κ3) is 5.03. The molecule has 0 bridgehead atoms. The molecule has 2 heterocycles. The summed E-state index contributed by atoms with van der Waals surface area (Å²) in [5.74, 6) is 0. The molecule has 2 atom stereocenters. The minimum absolute atomic E-state index is 0.409. The van der Waals surface area contributed by atoms with E-state index in [1.165, 1.54) is 25.9 Å². The second-order valence-electron chi connectivity index (χ2n) is 6.31. The van der Waals surface area contributed by atoms with Crippen LogP contribution in [0.4, 0.5) is 0 Å². The molecule has 0 radical (unpaired) electrons. The third-order valence-electron chi connectivity index (χ3n) is 4.21. The predicted molar refractivity (Wildman–Crippen MR) is 79.6 cm³/mol. The molecule has 0 aliphatic carbocycles. The van der Waals surface area contributed by atoms with Crippen molar-refractivity contribution >= 4 is 0 Å². The topological polar surface area (TPSA) is 27.7 Å². The van der Waals surface area contributed by atoms with Gasteiger partial charge >= 0.3 is 0 Å². The lowest BCUT2D eigenvalue weighted by molar-refractivity contribution is -0.0451. The highest BCUT2D eigenvalue weighted by atomic mass is 16.5. The highest BCUT2D eigenvalue weighted by Crippen LogP contribution is 2.13. The maximum absolute atomic E-state index is 5.93. The Morgan fingerprint density at radius 2 is 2.05 bits per heavy atom. The van der Waals surface area contributed by atoms with Crippen LogP contribution in [0.15, 0.2) is 0 Å². The van der Waals surface area contributed by atoms with Gasteiger partial charge in [-0.2, -0.15) is 0 Å². The standard InChI is InChI=1S/C15H31N3O/c1-4-17-8-9-19-15(11-17)12-18-7-5-6-14(10-18)16-13(2)3/h13-16H,4-12H2,1-3H3. The van der Waals surface area contributed by atoms with E-state index < -0.39 is 0 Å². The van der Waals surface area contributed by atoms with Crippen molar-refractivity contribution in [3.05, 3.63) is 0 Å². The zero-order chi connectivity index (χ0) is 13.7. The summed E-state index contributed by atoms with van der Waals surface area (Å²) in [4.78, 5) is 5.09. The maximum atomic E-state index is 5.93. The van der Waals surface area contributed by atoms with Gasteiger partial charge in [-0.25, -0.2) is 0 Å². The van der Waals surface area contributed by atoms with E-state index in [0.29, 0.717) is 18.2 Å². The van der Waals surface area contributed by atoms with Gasteiger partial charge in [0, 0.05) is 38.3 Å². The average Bonchev–Trinajstić information content (AvgIpc) is 2.38. The van der Waals surface area contributed by atoms with E-state index in [-0.39, 0.29) is 0 Å². The molecule has 0 aromatic carbocycles. The Balaban J connectivity index is 1.75. The zero-order valence-electron chi connectivity index (χ0n) is 12.9. The molecular formula is C15H31N3O. The van der Waals surface area contributed by atoms with Crippen molar-refractivity contribution < 1.29 is 4.74 Å². The lowest BCUT2D eigenvalue weighted by Crippen LogP contribution is -2.52. The van der Waals surface area contributed by atoms with Crippen LogP contribution in [0.2, 0.25) is 0 Å². The fraction of sp³-hybridized carbons (Fsp3) is 1.00. The van der Waals surface area contributed by atoms with Crippen LogP contribution in [0.1, 0.15) is 33.6 Å². The number of likely N-dealkylation sites (tertiary alicyclic amines) is 1. The number of hydrogen-bond acceptors (Lipinski definition) is 4. The Morgan fingerprint density at radius 3 is 2.79 bits per heavy atom. The van der Waals surface area contributed by atoms with Gasteiger partial charge in [0.05, 0.1) is 12.7 Å². The fourth-order valence-electron chi connectivity index (χ4n) is 3.29. The zero-order valence-corrected chi connectivity index (χ0v) is 12.9. The van der Waals surface area contributed by atoms with Crippen LogP contribution in [0.25, 0.3) is 0 Å². The Hall–Kier alpha value is -0.160. The fourth-order valence-corrected chi connectivity index (χ4v) is 3.29. The lowest BCUT2D eigenvalue weighted by Gasteiger charge is -2.39. The molecule has 0 spiro atoms. The Labute approximate surface area is 118 Å². The largest absolute Gasteiger partial charge is 0.374 e. The molecule has 0 saturated carbocycles. The first-order chi connectivity index (χ1) is 9.17. The first kappa shape index (κ1) is 15.2. The predicted octanol–water partition coefficient (Wildman–Crippen LogP) is 1.17. The summed E-state index contributed by atoms with van der Waals surface area (Å²) in [7, 11) is 0. The normalized spacial score (nSPS) is 30.9. The second-order valence-corrected chi connectivity index (χ2v) is 6.31. The molecule has 1 N–H and O–H groups in total. The molecule has 4 nitrogen and oxygen atoms in total. The van der Waals surface area contributed by atoms with E-state index in [0.717, 1.165) is 32.8 Å². The van der Waals surface area contributed by atoms with E-state index in [1.54, 1.807) is 0 Å². The summed E-state index contributed by atoms with van der Waals surface area (Å²) >= 11 is 0.